The maximum Gasteiger partial charge on any atom is 0.338 e. The highest BCUT2D eigenvalue weighted by Crippen LogP contribution is 2.22. The molecular formula is C15H18ClN3O2. The van der Waals surface area contributed by atoms with Gasteiger partial charge in [-0.25, -0.2) is 4.79 Å². The van der Waals surface area contributed by atoms with Crippen molar-refractivity contribution in [3.8, 4) is 0 Å². The second-order valence-corrected chi connectivity index (χ2v) is 5.19. The van der Waals surface area contributed by atoms with E-state index in [9.17, 15) is 4.79 Å². The summed E-state index contributed by atoms with van der Waals surface area (Å²) in [5.41, 5.74) is 9.14. The van der Waals surface area contributed by atoms with E-state index in [1.54, 1.807) is 22.9 Å². The van der Waals surface area contributed by atoms with Crippen molar-refractivity contribution in [1.82, 2.24) is 9.78 Å². The number of anilines is 1. The van der Waals surface area contributed by atoms with Crippen molar-refractivity contribution in [3.63, 3.8) is 0 Å². The van der Waals surface area contributed by atoms with Crippen LogP contribution >= 0.6 is 11.6 Å². The zero-order chi connectivity index (χ0) is 15.6. The summed E-state index contributed by atoms with van der Waals surface area (Å²) in [5.74, 6) is -0.431. The first-order valence-corrected chi connectivity index (χ1v) is 7.06. The summed E-state index contributed by atoms with van der Waals surface area (Å²) < 4.78 is 7.04. The number of hydrogen-bond donors (Lipinski definition) is 1. The zero-order valence-electron chi connectivity index (χ0n) is 12.3. The first-order valence-electron chi connectivity index (χ1n) is 6.69. The standard InChI is InChI=1S/C15H18ClN3O2/c1-4-19-13(14(16)10(3)18-19)8-21-15(20)11-6-5-9(2)12(17)7-11/h5-7H,4,8,17H2,1-3H3. The number of rotatable bonds is 4. The number of benzene rings is 1. The van der Waals surface area contributed by atoms with Crippen molar-refractivity contribution in [2.45, 2.75) is 33.9 Å². The van der Waals surface area contributed by atoms with Gasteiger partial charge in [0.25, 0.3) is 0 Å². The van der Waals surface area contributed by atoms with Gasteiger partial charge >= 0.3 is 5.97 Å². The number of nitrogens with two attached hydrogens (primary N) is 1. The van der Waals surface area contributed by atoms with E-state index < -0.39 is 5.97 Å². The number of carbonyl (C=O) groups is 1. The van der Waals surface area contributed by atoms with Gasteiger partial charge in [-0.1, -0.05) is 17.7 Å². The smallest absolute Gasteiger partial charge is 0.338 e. The predicted octanol–water partition coefficient (Wildman–Crippen LogP) is 3.11. The maximum atomic E-state index is 12.0. The molecule has 0 aliphatic carbocycles. The first-order chi connectivity index (χ1) is 9.93. The number of carbonyl (C=O) groups excluding carboxylic acids is 1. The Bertz CT molecular complexity index is 680. The lowest BCUT2D eigenvalue weighted by atomic mass is 10.1. The molecule has 0 aliphatic heterocycles. The van der Waals surface area contributed by atoms with Crippen LogP contribution in [0.4, 0.5) is 5.69 Å². The molecule has 0 radical (unpaired) electrons. The van der Waals surface area contributed by atoms with Crippen LogP contribution in [0.15, 0.2) is 18.2 Å². The van der Waals surface area contributed by atoms with Crippen LogP contribution in [-0.2, 0) is 17.9 Å². The Kier molecular flexibility index (Phi) is 4.53. The number of hydrogen-bond acceptors (Lipinski definition) is 4. The average Bonchev–Trinajstić information content (AvgIpc) is 2.74. The van der Waals surface area contributed by atoms with Crippen LogP contribution in [0.2, 0.25) is 5.02 Å². The summed E-state index contributed by atoms with van der Waals surface area (Å²) >= 11 is 6.17. The number of nitrogen functional groups attached to an aromatic ring is 1. The van der Waals surface area contributed by atoms with Gasteiger partial charge < -0.3 is 10.5 Å². The number of ether oxygens (including phenoxy) is 1. The number of aryl methyl sites for hydroxylation is 3. The van der Waals surface area contributed by atoms with Crippen LogP contribution in [-0.4, -0.2) is 15.7 Å². The highest BCUT2D eigenvalue weighted by Gasteiger charge is 2.15. The van der Waals surface area contributed by atoms with Gasteiger partial charge in [0.2, 0.25) is 0 Å². The molecule has 0 bridgehead atoms. The monoisotopic (exact) mass is 307 g/mol. The molecule has 2 aromatic rings. The van der Waals surface area contributed by atoms with Crippen molar-refractivity contribution >= 4 is 23.3 Å². The molecule has 0 saturated heterocycles. The van der Waals surface area contributed by atoms with Crippen LogP contribution in [0.25, 0.3) is 0 Å². The van der Waals surface area contributed by atoms with E-state index in [1.165, 1.54) is 0 Å². The number of halogens is 1. The molecule has 1 heterocycles. The van der Waals surface area contributed by atoms with Gasteiger partial charge in [-0.05, 0) is 38.5 Å². The molecule has 0 amide bonds. The van der Waals surface area contributed by atoms with Gasteiger partial charge in [0.05, 0.1) is 22.0 Å². The lowest BCUT2D eigenvalue weighted by Crippen LogP contribution is -2.10. The minimum absolute atomic E-state index is 0.0835. The fourth-order valence-electron chi connectivity index (χ4n) is 1.99. The van der Waals surface area contributed by atoms with Crippen molar-refractivity contribution in [1.29, 1.82) is 0 Å². The SMILES string of the molecule is CCn1nc(C)c(Cl)c1COC(=O)c1ccc(C)c(N)c1. The minimum Gasteiger partial charge on any atom is -0.456 e. The third-order valence-corrected chi connectivity index (χ3v) is 3.80. The summed E-state index contributed by atoms with van der Waals surface area (Å²) in [7, 11) is 0. The maximum absolute atomic E-state index is 12.0. The van der Waals surface area contributed by atoms with Crippen molar-refractivity contribution < 1.29 is 9.53 Å². The van der Waals surface area contributed by atoms with Crippen LogP contribution in [0.3, 0.4) is 0 Å². The summed E-state index contributed by atoms with van der Waals surface area (Å²) in [4.78, 5) is 12.0. The molecule has 6 heteroatoms. The zero-order valence-corrected chi connectivity index (χ0v) is 13.1. The molecule has 0 unspecified atom stereocenters. The number of aromatic nitrogens is 2. The molecule has 0 spiro atoms. The molecule has 0 atom stereocenters. The van der Waals surface area contributed by atoms with Crippen LogP contribution in [0, 0.1) is 13.8 Å². The Morgan fingerprint density at radius 3 is 2.76 bits per heavy atom. The van der Waals surface area contributed by atoms with Gasteiger partial charge in [-0.2, -0.15) is 5.10 Å². The molecule has 5 nitrogen and oxygen atoms in total. The van der Waals surface area contributed by atoms with Crippen molar-refractivity contribution in [3.05, 3.63) is 45.7 Å². The predicted molar refractivity (Wildman–Crippen MR) is 82.4 cm³/mol. The second kappa shape index (κ2) is 6.18. The molecule has 1 aromatic heterocycles. The van der Waals surface area contributed by atoms with E-state index in [0.29, 0.717) is 28.5 Å². The molecule has 112 valence electrons. The van der Waals surface area contributed by atoms with E-state index in [0.717, 1.165) is 11.3 Å². The number of nitrogens with zero attached hydrogens (tertiary/aromatic N) is 2. The van der Waals surface area contributed by atoms with Crippen molar-refractivity contribution in [2.24, 2.45) is 0 Å². The Morgan fingerprint density at radius 2 is 2.14 bits per heavy atom. The van der Waals surface area contributed by atoms with Gasteiger partial charge in [0, 0.05) is 12.2 Å². The van der Waals surface area contributed by atoms with Gasteiger partial charge in [0.1, 0.15) is 6.61 Å². The molecule has 21 heavy (non-hydrogen) atoms. The van der Waals surface area contributed by atoms with E-state index in [2.05, 4.69) is 5.10 Å². The molecule has 2 N–H and O–H groups in total. The van der Waals surface area contributed by atoms with Crippen LogP contribution < -0.4 is 5.73 Å². The Balaban J connectivity index is 2.12. The Labute approximate surface area is 128 Å². The normalized spacial score (nSPS) is 10.7. The number of esters is 1. The molecule has 2 rings (SSSR count). The van der Waals surface area contributed by atoms with E-state index in [4.69, 9.17) is 22.1 Å². The van der Waals surface area contributed by atoms with E-state index >= 15 is 0 Å². The van der Waals surface area contributed by atoms with Crippen LogP contribution in [0.1, 0.15) is 34.2 Å². The minimum atomic E-state index is -0.431. The third-order valence-electron chi connectivity index (χ3n) is 3.31. The highest BCUT2D eigenvalue weighted by molar-refractivity contribution is 6.31. The molecule has 0 aliphatic rings. The molecule has 0 saturated carbocycles. The van der Waals surface area contributed by atoms with Gasteiger partial charge in [-0.15, -0.1) is 0 Å². The molecular weight excluding hydrogens is 290 g/mol. The van der Waals surface area contributed by atoms with Gasteiger partial charge in [0.15, 0.2) is 0 Å². The van der Waals surface area contributed by atoms with Crippen LogP contribution in [0.5, 0.6) is 0 Å². The third kappa shape index (κ3) is 3.19. The fourth-order valence-corrected chi connectivity index (χ4v) is 2.18. The van der Waals surface area contributed by atoms with E-state index in [-0.39, 0.29) is 6.61 Å². The molecule has 1 aromatic carbocycles. The summed E-state index contributed by atoms with van der Waals surface area (Å²) in [5, 5.41) is 4.81. The lowest BCUT2D eigenvalue weighted by molar-refractivity contribution is 0.0462. The van der Waals surface area contributed by atoms with E-state index in [1.807, 2.05) is 20.8 Å². The summed E-state index contributed by atoms with van der Waals surface area (Å²) in [6, 6.07) is 5.10. The van der Waals surface area contributed by atoms with Gasteiger partial charge in [-0.3, -0.25) is 4.68 Å². The summed E-state index contributed by atoms with van der Waals surface area (Å²) in [6.07, 6.45) is 0. The topological polar surface area (TPSA) is 70.1 Å². The quantitative estimate of drug-likeness (QED) is 0.696. The molecule has 0 fully saturated rings. The Morgan fingerprint density at radius 1 is 1.43 bits per heavy atom. The van der Waals surface area contributed by atoms with Crippen molar-refractivity contribution in [2.75, 3.05) is 5.73 Å². The fraction of sp³-hybridized carbons (Fsp3) is 0.333. The lowest BCUT2D eigenvalue weighted by Gasteiger charge is -2.08. The summed E-state index contributed by atoms with van der Waals surface area (Å²) in [6.45, 7) is 6.40. The highest BCUT2D eigenvalue weighted by atomic mass is 35.5. The Hall–Kier alpha value is -2.01. The average molecular weight is 308 g/mol. The second-order valence-electron chi connectivity index (χ2n) is 4.81. The first kappa shape index (κ1) is 15.4. The largest absolute Gasteiger partial charge is 0.456 e.